The molecule has 35 heavy (non-hydrogen) atoms. The molecule has 1 N–H and O–H groups in total. The van der Waals surface area contributed by atoms with Gasteiger partial charge in [0.15, 0.2) is 6.04 Å². The molecule has 0 bridgehead atoms. The normalized spacial score (nSPS) is 12.8. The maximum atomic E-state index is 13.4. The van der Waals surface area contributed by atoms with Crippen molar-refractivity contribution in [1.82, 2.24) is 0 Å². The van der Waals surface area contributed by atoms with Gasteiger partial charge in [-0.1, -0.05) is 54.6 Å². The molecular formula is C24H17F6NO4. The van der Waals surface area contributed by atoms with E-state index in [9.17, 15) is 40.7 Å². The van der Waals surface area contributed by atoms with Gasteiger partial charge in [0, 0.05) is 10.9 Å². The van der Waals surface area contributed by atoms with Crippen LogP contribution in [-0.4, -0.2) is 36.5 Å². The van der Waals surface area contributed by atoms with Crippen LogP contribution < -0.4 is 5.32 Å². The Hall–Kier alpha value is -3.89. The minimum atomic E-state index is -5.48. The summed E-state index contributed by atoms with van der Waals surface area (Å²) >= 11 is 0. The standard InChI is InChI=1S/C24H17F6NO4/c1-2-35-22(34)18(13-8-4-3-5-9-13)31-19-15-11-7-6-10-14(15)16(20(32)23(25,26)27)12-17(19)21(33)24(28,29)30/h3-12,18,31H,2H2,1H3. The van der Waals surface area contributed by atoms with E-state index in [1.165, 1.54) is 31.2 Å². The minimum Gasteiger partial charge on any atom is -0.464 e. The Balaban J connectivity index is 2.34. The van der Waals surface area contributed by atoms with Gasteiger partial charge in [0.2, 0.25) is 0 Å². The lowest BCUT2D eigenvalue weighted by Crippen LogP contribution is -2.29. The van der Waals surface area contributed by atoms with Gasteiger partial charge < -0.3 is 10.1 Å². The summed E-state index contributed by atoms with van der Waals surface area (Å²) in [7, 11) is 0. The number of nitrogens with one attached hydrogen (secondary N) is 1. The summed E-state index contributed by atoms with van der Waals surface area (Å²) in [5.74, 6) is -5.80. The fourth-order valence-corrected chi connectivity index (χ4v) is 3.50. The maximum Gasteiger partial charge on any atom is 0.454 e. The highest BCUT2D eigenvalue weighted by Crippen LogP contribution is 2.38. The quantitative estimate of drug-likeness (QED) is 0.245. The molecule has 5 nitrogen and oxygen atoms in total. The lowest BCUT2D eigenvalue weighted by atomic mass is 9.93. The molecule has 0 heterocycles. The van der Waals surface area contributed by atoms with Gasteiger partial charge in [-0.25, -0.2) is 4.79 Å². The Morgan fingerprint density at radius 1 is 0.800 bits per heavy atom. The summed E-state index contributed by atoms with van der Waals surface area (Å²) in [4.78, 5) is 37.0. The van der Waals surface area contributed by atoms with Crippen LogP contribution in [0.5, 0.6) is 0 Å². The van der Waals surface area contributed by atoms with Crippen molar-refractivity contribution in [3.8, 4) is 0 Å². The van der Waals surface area contributed by atoms with Crippen molar-refractivity contribution in [3.05, 3.63) is 77.4 Å². The molecule has 11 heteroatoms. The number of Topliss-reactive ketones (excluding diaryl/α,β-unsaturated/α-hetero) is 2. The van der Waals surface area contributed by atoms with Gasteiger partial charge >= 0.3 is 18.3 Å². The number of carbonyl (C=O) groups excluding carboxylic acids is 3. The smallest absolute Gasteiger partial charge is 0.454 e. The Labute approximate surface area is 194 Å². The largest absolute Gasteiger partial charge is 0.464 e. The number of rotatable bonds is 7. The third-order valence-corrected chi connectivity index (χ3v) is 4.99. The number of ether oxygens (including phenoxy) is 1. The second-order valence-electron chi connectivity index (χ2n) is 7.29. The lowest BCUT2D eigenvalue weighted by Gasteiger charge is -2.23. The summed E-state index contributed by atoms with van der Waals surface area (Å²) in [6.07, 6.45) is -10.9. The van der Waals surface area contributed by atoms with Crippen molar-refractivity contribution in [2.24, 2.45) is 0 Å². The number of halogens is 6. The fraction of sp³-hybridized carbons (Fsp3) is 0.208. The maximum absolute atomic E-state index is 13.4. The van der Waals surface area contributed by atoms with Crippen molar-refractivity contribution >= 4 is 34.0 Å². The molecule has 0 saturated heterocycles. The molecule has 3 aromatic carbocycles. The number of alkyl halides is 6. The van der Waals surface area contributed by atoms with Gasteiger partial charge in [-0.3, -0.25) is 9.59 Å². The predicted octanol–water partition coefficient (Wildman–Crippen LogP) is 6.05. The van der Waals surface area contributed by atoms with Gasteiger partial charge in [0.25, 0.3) is 11.6 Å². The van der Waals surface area contributed by atoms with Crippen molar-refractivity contribution in [2.45, 2.75) is 25.3 Å². The van der Waals surface area contributed by atoms with E-state index in [4.69, 9.17) is 4.74 Å². The highest BCUT2D eigenvalue weighted by Gasteiger charge is 2.44. The molecule has 1 atom stereocenters. The van der Waals surface area contributed by atoms with E-state index in [0.29, 0.717) is 0 Å². The average Bonchev–Trinajstić information content (AvgIpc) is 2.80. The molecule has 0 aliphatic heterocycles. The van der Waals surface area contributed by atoms with E-state index in [1.54, 1.807) is 18.2 Å². The minimum absolute atomic E-state index is 0.0715. The Bertz CT molecular complexity index is 1270. The molecule has 184 valence electrons. The van der Waals surface area contributed by atoms with Gasteiger partial charge in [-0.2, -0.15) is 26.3 Å². The zero-order chi connectivity index (χ0) is 26.0. The van der Waals surface area contributed by atoms with E-state index < -0.39 is 52.7 Å². The van der Waals surface area contributed by atoms with Crippen LogP contribution in [0.1, 0.15) is 39.2 Å². The van der Waals surface area contributed by atoms with Crippen molar-refractivity contribution < 1.29 is 45.5 Å². The van der Waals surface area contributed by atoms with Crippen LogP contribution in [-0.2, 0) is 9.53 Å². The molecule has 0 aliphatic rings. The number of benzene rings is 3. The SMILES string of the molecule is CCOC(=O)C(Nc1c(C(=O)C(F)(F)F)cc(C(=O)C(F)(F)F)c2ccccc12)c1ccccc1. The summed E-state index contributed by atoms with van der Waals surface area (Å²) in [5, 5.41) is 1.92. The molecule has 0 saturated carbocycles. The Morgan fingerprint density at radius 2 is 1.31 bits per heavy atom. The Kier molecular flexibility index (Phi) is 7.18. The molecule has 0 amide bonds. The zero-order valence-electron chi connectivity index (χ0n) is 18.0. The number of hydrogen-bond donors (Lipinski definition) is 1. The lowest BCUT2D eigenvalue weighted by molar-refractivity contribution is -0.144. The zero-order valence-corrected chi connectivity index (χ0v) is 18.0. The van der Waals surface area contributed by atoms with E-state index in [-0.39, 0.29) is 29.0 Å². The van der Waals surface area contributed by atoms with Crippen molar-refractivity contribution in [1.29, 1.82) is 0 Å². The van der Waals surface area contributed by atoms with Gasteiger partial charge in [0.05, 0.1) is 17.9 Å². The molecular weight excluding hydrogens is 480 g/mol. The molecule has 0 spiro atoms. The first kappa shape index (κ1) is 25.7. The van der Waals surface area contributed by atoms with E-state index in [1.807, 2.05) is 0 Å². The summed E-state index contributed by atoms with van der Waals surface area (Å²) in [6.45, 7) is 1.43. The highest BCUT2D eigenvalue weighted by atomic mass is 19.4. The molecule has 3 rings (SSSR count). The average molecular weight is 497 g/mol. The molecule has 0 fully saturated rings. The fourth-order valence-electron chi connectivity index (χ4n) is 3.50. The number of esters is 1. The van der Waals surface area contributed by atoms with Crippen LogP contribution in [0.2, 0.25) is 0 Å². The van der Waals surface area contributed by atoms with E-state index >= 15 is 0 Å². The van der Waals surface area contributed by atoms with Gasteiger partial charge in [0.1, 0.15) is 0 Å². The summed E-state index contributed by atoms with van der Waals surface area (Å²) in [6, 6.07) is 11.3. The summed E-state index contributed by atoms with van der Waals surface area (Å²) in [5.41, 5.74) is -2.67. The molecule has 1 unspecified atom stereocenters. The van der Waals surface area contributed by atoms with Crippen LogP contribution in [0.25, 0.3) is 10.8 Å². The van der Waals surface area contributed by atoms with Crippen LogP contribution in [0.15, 0.2) is 60.7 Å². The molecule has 3 aromatic rings. The van der Waals surface area contributed by atoms with Crippen LogP contribution in [0.3, 0.4) is 0 Å². The van der Waals surface area contributed by atoms with Crippen molar-refractivity contribution in [2.75, 3.05) is 11.9 Å². The number of fused-ring (bicyclic) bond motifs is 1. The number of carbonyl (C=O) groups is 3. The van der Waals surface area contributed by atoms with E-state index in [0.717, 1.165) is 12.1 Å². The first-order chi connectivity index (χ1) is 16.4. The number of ketones is 2. The molecule has 0 aromatic heterocycles. The first-order valence-electron chi connectivity index (χ1n) is 10.1. The van der Waals surface area contributed by atoms with Crippen molar-refractivity contribution in [3.63, 3.8) is 0 Å². The third kappa shape index (κ3) is 5.44. The summed E-state index contributed by atoms with van der Waals surface area (Å²) < 4.78 is 85.0. The second-order valence-corrected chi connectivity index (χ2v) is 7.29. The second kappa shape index (κ2) is 9.77. The topological polar surface area (TPSA) is 72.5 Å². The monoisotopic (exact) mass is 497 g/mol. The van der Waals surface area contributed by atoms with Gasteiger partial charge in [-0.05, 0) is 23.9 Å². The van der Waals surface area contributed by atoms with Crippen LogP contribution >= 0.6 is 0 Å². The van der Waals surface area contributed by atoms with Crippen LogP contribution in [0.4, 0.5) is 32.0 Å². The number of anilines is 1. The van der Waals surface area contributed by atoms with Crippen LogP contribution in [0, 0.1) is 0 Å². The first-order valence-corrected chi connectivity index (χ1v) is 10.1. The number of hydrogen-bond acceptors (Lipinski definition) is 5. The molecule has 0 aliphatic carbocycles. The molecule has 0 radical (unpaired) electrons. The van der Waals surface area contributed by atoms with E-state index in [2.05, 4.69) is 5.32 Å². The predicted molar refractivity (Wildman–Crippen MR) is 114 cm³/mol. The van der Waals surface area contributed by atoms with Gasteiger partial charge in [-0.15, -0.1) is 0 Å². The third-order valence-electron chi connectivity index (χ3n) is 4.99. The highest BCUT2D eigenvalue weighted by molar-refractivity contribution is 6.19. The Morgan fingerprint density at radius 3 is 1.86 bits per heavy atom.